The van der Waals surface area contributed by atoms with Crippen LogP contribution in [0.3, 0.4) is 0 Å². The number of rotatable bonds is 10. The number of ether oxygens (including phenoxy) is 3. The summed E-state index contributed by atoms with van der Waals surface area (Å²) in [5, 5.41) is 15.0. The maximum absolute atomic E-state index is 13.1. The van der Waals surface area contributed by atoms with E-state index in [-0.39, 0.29) is 17.9 Å². The Labute approximate surface area is 232 Å². The van der Waals surface area contributed by atoms with E-state index >= 15 is 0 Å². The molecule has 0 radical (unpaired) electrons. The van der Waals surface area contributed by atoms with E-state index in [1.54, 1.807) is 45.6 Å². The van der Waals surface area contributed by atoms with Gasteiger partial charge in [-0.25, -0.2) is 0 Å². The van der Waals surface area contributed by atoms with Gasteiger partial charge in [0, 0.05) is 29.9 Å². The third-order valence-corrected chi connectivity index (χ3v) is 7.71. The van der Waals surface area contributed by atoms with Crippen molar-refractivity contribution in [3.8, 4) is 28.6 Å². The van der Waals surface area contributed by atoms with Gasteiger partial charge in [0.15, 0.2) is 22.5 Å². The van der Waals surface area contributed by atoms with Crippen LogP contribution in [0.1, 0.15) is 52.0 Å². The number of hydrogen-bond donors (Lipinski definition) is 2. The van der Waals surface area contributed by atoms with Gasteiger partial charge >= 0.3 is 0 Å². The Morgan fingerprint density at radius 1 is 0.923 bits per heavy atom. The van der Waals surface area contributed by atoms with E-state index < -0.39 is 5.25 Å². The summed E-state index contributed by atoms with van der Waals surface area (Å²) in [5.74, 6) is 1.99. The molecule has 1 saturated carbocycles. The number of nitrogens with one attached hydrogen (secondary N) is 2. The van der Waals surface area contributed by atoms with Gasteiger partial charge in [-0.3, -0.25) is 14.2 Å². The van der Waals surface area contributed by atoms with Crippen LogP contribution in [0.5, 0.6) is 17.2 Å². The molecule has 0 spiro atoms. The number of hydrogen-bond acceptors (Lipinski definition) is 8. The van der Waals surface area contributed by atoms with E-state index in [1.807, 2.05) is 19.1 Å². The molecule has 1 aromatic heterocycles. The number of thioether (sulfide) groups is 1. The summed E-state index contributed by atoms with van der Waals surface area (Å²) < 4.78 is 18.8. The van der Waals surface area contributed by atoms with Crippen LogP contribution in [0.25, 0.3) is 11.4 Å². The largest absolute Gasteiger partial charge is 0.493 e. The molecule has 0 bridgehead atoms. The van der Waals surface area contributed by atoms with Crippen molar-refractivity contribution >= 4 is 35.0 Å². The molecule has 11 heteroatoms. The highest BCUT2D eigenvalue weighted by molar-refractivity contribution is 8.00. The average molecular weight is 554 g/mol. The third-order valence-electron chi connectivity index (χ3n) is 6.65. The van der Waals surface area contributed by atoms with Crippen molar-refractivity contribution in [2.45, 2.75) is 62.4 Å². The molecule has 1 fully saturated rings. The van der Waals surface area contributed by atoms with Crippen molar-refractivity contribution in [2.24, 2.45) is 0 Å². The lowest BCUT2D eigenvalue weighted by molar-refractivity contribution is -0.115. The first kappa shape index (κ1) is 28.3. The Kier molecular flexibility index (Phi) is 9.34. The summed E-state index contributed by atoms with van der Waals surface area (Å²) in [6.07, 6.45) is 5.51. The van der Waals surface area contributed by atoms with Crippen LogP contribution < -0.4 is 24.8 Å². The highest BCUT2D eigenvalue weighted by Crippen LogP contribution is 2.43. The van der Waals surface area contributed by atoms with E-state index in [1.165, 1.54) is 25.1 Å². The molecule has 39 heavy (non-hydrogen) atoms. The molecule has 2 aromatic carbocycles. The average Bonchev–Trinajstić information content (AvgIpc) is 3.36. The van der Waals surface area contributed by atoms with Gasteiger partial charge in [0.2, 0.25) is 17.6 Å². The highest BCUT2D eigenvalue weighted by Gasteiger charge is 2.28. The second-order valence-corrected chi connectivity index (χ2v) is 10.7. The van der Waals surface area contributed by atoms with E-state index in [9.17, 15) is 9.59 Å². The summed E-state index contributed by atoms with van der Waals surface area (Å²) in [7, 11) is 4.74. The lowest BCUT2D eigenvalue weighted by Crippen LogP contribution is -2.23. The first-order valence-corrected chi connectivity index (χ1v) is 13.8. The summed E-state index contributed by atoms with van der Waals surface area (Å²) in [5.41, 5.74) is 2.11. The molecule has 10 nitrogen and oxygen atoms in total. The molecule has 3 aromatic rings. The summed E-state index contributed by atoms with van der Waals surface area (Å²) in [6, 6.07) is 11.0. The van der Waals surface area contributed by atoms with Crippen molar-refractivity contribution in [1.82, 2.24) is 14.8 Å². The first-order valence-electron chi connectivity index (χ1n) is 12.9. The molecule has 2 N–H and O–H groups in total. The monoisotopic (exact) mass is 553 g/mol. The van der Waals surface area contributed by atoms with E-state index in [4.69, 9.17) is 14.2 Å². The Hall–Kier alpha value is -3.73. The maximum Gasteiger partial charge on any atom is 0.237 e. The predicted molar refractivity (Wildman–Crippen MR) is 152 cm³/mol. The van der Waals surface area contributed by atoms with Crippen molar-refractivity contribution < 1.29 is 23.8 Å². The normalized spacial score (nSPS) is 14.4. The fourth-order valence-corrected chi connectivity index (χ4v) is 5.65. The summed E-state index contributed by atoms with van der Waals surface area (Å²) in [6.45, 7) is 3.30. The number of anilines is 2. The summed E-state index contributed by atoms with van der Waals surface area (Å²) in [4.78, 5) is 24.3. The molecule has 1 atom stereocenters. The molecule has 0 aliphatic heterocycles. The number of benzene rings is 2. The van der Waals surface area contributed by atoms with Gasteiger partial charge in [0.1, 0.15) is 0 Å². The van der Waals surface area contributed by atoms with Gasteiger partial charge in [-0.15, -0.1) is 10.2 Å². The SMILES string of the molecule is COc1cc(-c2nnc(SC(C)C(=O)Nc3ccc(NC(C)=O)cc3)n2C2CCCCC2)cc(OC)c1OC. The van der Waals surface area contributed by atoms with Crippen molar-refractivity contribution in [2.75, 3.05) is 32.0 Å². The number of carbonyl (C=O) groups is 2. The summed E-state index contributed by atoms with van der Waals surface area (Å²) >= 11 is 1.38. The van der Waals surface area contributed by atoms with Crippen LogP contribution >= 0.6 is 11.8 Å². The highest BCUT2D eigenvalue weighted by atomic mass is 32.2. The molecular formula is C28H35N5O5S. The second kappa shape index (κ2) is 12.9. The molecule has 1 unspecified atom stereocenters. The van der Waals surface area contributed by atoms with Crippen molar-refractivity contribution in [1.29, 1.82) is 0 Å². The minimum absolute atomic E-state index is 0.148. The zero-order chi connectivity index (χ0) is 27.9. The Morgan fingerprint density at radius 2 is 1.51 bits per heavy atom. The lowest BCUT2D eigenvalue weighted by Gasteiger charge is -2.26. The number of methoxy groups -OCH3 is 3. The zero-order valence-electron chi connectivity index (χ0n) is 22.9. The molecule has 0 saturated heterocycles. The fourth-order valence-electron chi connectivity index (χ4n) is 4.73. The molecule has 208 valence electrons. The number of amides is 2. The molecular weight excluding hydrogens is 518 g/mol. The maximum atomic E-state index is 13.1. The smallest absolute Gasteiger partial charge is 0.237 e. The van der Waals surface area contributed by atoms with E-state index in [0.717, 1.165) is 31.2 Å². The number of aromatic nitrogens is 3. The van der Waals surface area contributed by atoms with Gasteiger partial charge in [-0.1, -0.05) is 31.0 Å². The molecule has 1 aliphatic rings. The Bertz CT molecular complexity index is 1280. The third kappa shape index (κ3) is 6.65. The van der Waals surface area contributed by atoms with Gasteiger partial charge in [-0.2, -0.15) is 0 Å². The van der Waals surface area contributed by atoms with Gasteiger partial charge in [0.25, 0.3) is 0 Å². The Morgan fingerprint density at radius 3 is 2.05 bits per heavy atom. The number of nitrogens with zero attached hydrogens (tertiary/aromatic N) is 3. The van der Waals surface area contributed by atoms with Crippen LogP contribution in [-0.4, -0.2) is 53.2 Å². The van der Waals surface area contributed by atoms with E-state index in [0.29, 0.717) is 39.6 Å². The van der Waals surface area contributed by atoms with Gasteiger partial charge < -0.3 is 24.8 Å². The van der Waals surface area contributed by atoms with Crippen LogP contribution in [0.15, 0.2) is 41.6 Å². The van der Waals surface area contributed by atoms with Crippen LogP contribution in [0.2, 0.25) is 0 Å². The minimum Gasteiger partial charge on any atom is -0.493 e. The molecule has 2 amide bonds. The van der Waals surface area contributed by atoms with Gasteiger partial charge in [0.05, 0.1) is 26.6 Å². The lowest BCUT2D eigenvalue weighted by atomic mass is 9.95. The van der Waals surface area contributed by atoms with Crippen molar-refractivity contribution in [3.63, 3.8) is 0 Å². The van der Waals surface area contributed by atoms with Crippen LogP contribution in [-0.2, 0) is 9.59 Å². The molecule has 4 rings (SSSR count). The molecule has 1 heterocycles. The fraction of sp³-hybridized carbons (Fsp3) is 0.429. The first-order chi connectivity index (χ1) is 18.8. The molecule has 1 aliphatic carbocycles. The van der Waals surface area contributed by atoms with E-state index in [2.05, 4.69) is 25.4 Å². The van der Waals surface area contributed by atoms with Crippen molar-refractivity contribution in [3.05, 3.63) is 36.4 Å². The van der Waals surface area contributed by atoms with Crippen LogP contribution in [0.4, 0.5) is 11.4 Å². The topological polar surface area (TPSA) is 117 Å². The predicted octanol–water partition coefficient (Wildman–Crippen LogP) is 5.55. The van der Waals surface area contributed by atoms with Gasteiger partial charge in [-0.05, 0) is 56.2 Å². The number of carbonyl (C=O) groups excluding carboxylic acids is 2. The zero-order valence-corrected chi connectivity index (χ0v) is 23.8. The second-order valence-electron chi connectivity index (χ2n) is 9.39. The quantitative estimate of drug-likeness (QED) is 0.314. The minimum atomic E-state index is -0.431. The van der Waals surface area contributed by atoms with Crippen LogP contribution in [0, 0.1) is 0 Å². The Balaban J connectivity index is 1.60. The standard InChI is InChI=1S/C28H35N5O5S/c1-17(27(35)30-21-13-11-20(12-14-21)29-18(2)34)39-28-32-31-26(33(28)22-9-7-6-8-10-22)19-15-23(36-3)25(38-5)24(16-19)37-4/h11-17,22H,6-10H2,1-5H3,(H,29,34)(H,30,35).